The topological polar surface area (TPSA) is 52.6 Å². The third-order valence-electron chi connectivity index (χ3n) is 4.61. The summed E-state index contributed by atoms with van der Waals surface area (Å²) in [6.07, 6.45) is 3.91. The van der Waals surface area contributed by atoms with Crippen molar-refractivity contribution in [2.45, 2.75) is 25.7 Å². The van der Waals surface area contributed by atoms with E-state index in [0.717, 1.165) is 38.2 Å². The van der Waals surface area contributed by atoms with Crippen LogP contribution in [-0.4, -0.2) is 42.1 Å². The zero-order valence-corrected chi connectivity index (χ0v) is 11.8. The molecule has 0 radical (unpaired) electrons. The number of carbonyl (C=O) groups excluding carboxylic acids is 1. The molecule has 2 N–H and O–H groups in total. The number of likely N-dealkylation sites (tertiary alicyclic amines) is 1. The second kappa shape index (κ2) is 5.44. The number of aromatic hydroxyl groups is 1. The summed E-state index contributed by atoms with van der Waals surface area (Å²) in [6, 6.07) is 6.99. The van der Waals surface area contributed by atoms with E-state index < -0.39 is 0 Å². The van der Waals surface area contributed by atoms with Crippen molar-refractivity contribution in [2.24, 2.45) is 5.41 Å². The van der Waals surface area contributed by atoms with E-state index in [9.17, 15) is 9.90 Å². The molecular formula is C16H22N2O2. The standard InChI is InChI=1S/C16H22N2O2/c19-14-4-1-3-13(9-14)10-15(20)18-8-2-5-16(12-18)6-7-17-11-16/h1,3-4,9,17,19H,2,5-8,10-12H2/t16-/m0/s1. The van der Waals surface area contributed by atoms with Gasteiger partial charge in [-0.05, 0) is 43.5 Å². The molecule has 1 amide bonds. The van der Waals surface area contributed by atoms with E-state index in [2.05, 4.69) is 5.32 Å². The SMILES string of the molecule is O=C(Cc1cccc(O)c1)N1CCC[C@@]2(CCNC2)C1. The number of amides is 1. The number of carbonyl (C=O) groups is 1. The molecule has 0 bridgehead atoms. The molecule has 4 heteroatoms. The molecule has 2 heterocycles. The van der Waals surface area contributed by atoms with Crippen LogP contribution in [0.5, 0.6) is 5.75 Å². The van der Waals surface area contributed by atoms with Gasteiger partial charge in [0.1, 0.15) is 5.75 Å². The number of hydrogen-bond donors (Lipinski definition) is 2. The molecular weight excluding hydrogens is 252 g/mol. The Morgan fingerprint density at radius 3 is 3.05 bits per heavy atom. The Balaban J connectivity index is 1.65. The average Bonchev–Trinajstić information content (AvgIpc) is 2.87. The lowest BCUT2D eigenvalue weighted by atomic mass is 9.79. The monoisotopic (exact) mass is 274 g/mol. The largest absolute Gasteiger partial charge is 0.508 e. The first-order chi connectivity index (χ1) is 9.67. The van der Waals surface area contributed by atoms with Crippen LogP contribution in [0.4, 0.5) is 0 Å². The van der Waals surface area contributed by atoms with E-state index in [4.69, 9.17) is 0 Å². The molecule has 2 aliphatic rings. The number of piperidine rings is 1. The molecule has 2 fully saturated rings. The number of phenolic OH excluding ortho intramolecular Hbond substituents is 1. The summed E-state index contributed by atoms with van der Waals surface area (Å²) in [5.41, 5.74) is 1.20. The van der Waals surface area contributed by atoms with Gasteiger partial charge in [0, 0.05) is 25.0 Å². The third-order valence-corrected chi connectivity index (χ3v) is 4.61. The van der Waals surface area contributed by atoms with E-state index in [1.54, 1.807) is 18.2 Å². The van der Waals surface area contributed by atoms with Crippen molar-refractivity contribution in [3.63, 3.8) is 0 Å². The summed E-state index contributed by atoms with van der Waals surface area (Å²) < 4.78 is 0. The van der Waals surface area contributed by atoms with Gasteiger partial charge in [0.25, 0.3) is 0 Å². The van der Waals surface area contributed by atoms with Crippen LogP contribution in [0.15, 0.2) is 24.3 Å². The van der Waals surface area contributed by atoms with E-state index in [1.807, 2.05) is 11.0 Å². The maximum atomic E-state index is 12.4. The number of hydrogen-bond acceptors (Lipinski definition) is 3. The van der Waals surface area contributed by atoms with Crippen LogP contribution in [-0.2, 0) is 11.2 Å². The zero-order valence-electron chi connectivity index (χ0n) is 11.8. The Kier molecular flexibility index (Phi) is 3.66. The lowest BCUT2D eigenvalue weighted by molar-refractivity contribution is -0.133. The van der Waals surface area contributed by atoms with Crippen molar-refractivity contribution in [2.75, 3.05) is 26.2 Å². The lowest BCUT2D eigenvalue weighted by Crippen LogP contribution is -2.47. The summed E-state index contributed by atoms with van der Waals surface area (Å²) in [6.45, 7) is 3.88. The van der Waals surface area contributed by atoms with Gasteiger partial charge in [0.05, 0.1) is 6.42 Å². The molecule has 20 heavy (non-hydrogen) atoms. The van der Waals surface area contributed by atoms with Gasteiger partial charge in [-0.3, -0.25) is 4.79 Å². The number of rotatable bonds is 2. The molecule has 1 atom stereocenters. The number of benzene rings is 1. The molecule has 2 aliphatic heterocycles. The quantitative estimate of drug-likeness (QED) is 0.860. The molecule has 1 aromatic carbocycles. The Morgan fingerprint density at radius 2 is 2.30 bits per heavy atom. The maximum Gasteiger partial charge on any atom is 0.227 e. The highest BCUT2D eigenvalue weighted by atomic mass is 16.3. The highest BCUT2D eigenvalue weighted by Crippen LogP contribution is 2.35. The first-order valence-electron chi connectivity index (χ1n) is 7.43. The summed E-state index contributed by atoms with van der Waals surface area (Å²) in [4.78, 5) is 14.5. The first-order valence-corrected chi connectivity index (χ1v) is 7.43. The van der Waals surface area contributed by atoms with Gasteiger partial charge in [0.15, 0.2) is 0 Å². The van der Waals surface area contributed by atoms with Gasteiger partial charge in [-0.2, -0.15) is 0 Å². The highest BCUT2D eigenvalue weighted by Gasteiger charge is 2.39. The fourth-order valence-electron chi connectivity index (χ4n) is 3.52. The molecule has 0 aromatic heterocycles. The summed E-state index contributed by atoms with van der Waals surface area (Å²) in [7, 11) is 0. The minimum Gasteiger partial charge on any atom is -0.508 e. The van der Waals surface area contributed by atoms with Crippen LogP contribution in [0.1, 0.15) is 24.8 Å². The van der Waals surface area contributed by atoms with Crippen molar-refractivity contribution in [1.29, 1.82) is 0 Å². The molecule has 2 saturated heterocycles. The zero-order chi connectivity index (χ0) is 14.0. The lowest BCUT2D eigenvalue weighted by Gasteiger charge is -2.40. The Hall–Kier alpha value is -1.55. The number of nitrogens with zero attached hydrogens (tertiary/aromatic N) is 1. The predicted octanol–water partition coefficient (Wildman–Crippen LogP) is 1.54. The van der Waals surface area contributed by atoms with Crippen LogP contribution in [0.3, 0.4) is 0 Å². The molecule has 4 nitrogen and oxygen atoms in total. The van der Waals surface area contributed by atoms with Gasteiger partial charge in [0.2, 0.25) is 5.91 Å². The second-order valence-electron chi connectivity index (χ2n) is 6.19. The summed E-state index contributed by atoms with van der Waals surface area (Å²) in [5.74, 6) is 0.409. The van der Waals surface area contributed by atoms with Crippen molar-refractivity contribution in [3.05, 3.63) is 29.8 Å². The molecule has 108 valence electrons. The van der Waals surface area contributed by atoms with Crippen LogP contribution >= 0.6 is 0 Å². The fraction of sp³-hybridized carbons (Fsp3) is 0.562. The Bertz CT molecular complexity index is 495. The third kappa shape index (κ3) is 2.80. The minimum atomic E-state index is 0.182. The molecule has 0 aliphatic carbocycles. The van der Waals surface area contributed by atoms with E-state index in [-0.39, 0.29) is 11.7 Å². The van der Waals surface area contributed by atoms with Crippen molar-refractivity contribution in [3.8, 4) is 5.75 Å². The van der Waals surface area contributed by atoms with Crippen molar-refractivity contribution in [1.82, 2.24) is 10.2 Å². The van der Waals surface area contributed by atoms with Crippen molar-refractivity contribution < 1.29 is 9.90 Å². The molecule has 1 spiro atoms. The molecule has 1 aromatic rings. The van der Waals surface area contributed by atoms with Gasteiger partial charge in [-0.1, -0.05) is 12.1 Å². The maximum absolute atomic E-state index is 12.4. The second-order valence-corrected chi connectivity index (χ2v) is 6.19. The first kappa shape index (κ1) is 13.4. The highest BCUT2D eigenvalue weighted by molar-refractivity contribution is 5.79. The normalized spacial score (nSPS) is 26.1. The average molecular weight is 274 g/mol. The molecule has 3 rings (SSSR count). The van der Waals surface area contributed by atoms with Crippen LogP contribution in [0.25, 0.3) is 0 Å². The fourth-order valence-corrected chi connectivity index (χ4v) is 3.52. The van der Waals surface area contributed by atoms with Gasteiger partial charge in [-0.25, -0.2) is 0 Å². The summed E-state index contributed by atoms with van der Waals surface area (Å²) in [5, 5.41) is 12.9. The van der Waals surface area contributed by atoms with Crippen LogP contribution in [0.2, 0.25) is 0 Å². The smallest absolute Gasteiger partial charge is 0.227 e. The molecule has 0 saturated carbocycles. The van der Waals surface area contributed by atoms with E-state index in [0.29, 0.717) is 11.8 Å². The summed E-state index contributed by atoms with van der Waals surface area (Å²) >= 11 is 0. The van der Waals surface area contributed by atoms with Crippen LogP contribution in [0, 0.1) is 5.41 Å². The Labute approximate surface area is 119 Å². The van der Waals surface area contributed by atoms with Gasteiger partial charge in [-0.15, -0.1) is 0 Å². The minimum absolute atomic E-state index is 0.182. The van der Waals surface area contributed by atoms with E-state index >= 15 is 0 Å². The van der Waals surface area contributed by atoms with Crippen LogP contribution < -0.4 is 5.32 Å². The molecule has 0 unspecified atom stereocenters. The van der Waals surface area contributed by atoms with Gasteiger partial charge >= 0.3 is 0 Å². The van der Waals surface area contributed by atoms with Crippen molar-refractivity contribution >= 4 is 5.91 Å². The Morgan fingerprint density at radius 1 is 1.40 bits per heavy atom. The van der Waals surface area contributed by atoms with Gasteiger partial charge < -0.3 is 15.3 Å². The number of nitrogens with one attached hydrogen (secondary N) is 1. The number of phenols is 1. The van der Waals surface area contributed by atoms with E-state index in [1.165, 1.54) is 12.8 Å². The predicted molar refractivity (Wildman–Crippen MR) is 77.5 cm³/mol.